The number of anilines is 2. The van der Waals surface area contributed by atoms with Crippen molar-refractivity contribution in [2.24, 2.45) is 5.92 Å². The molecule has 0 bridgehead atoms. The van der Waals surface area contributed by atoms with E-state index in [1.54, 1.807) is 47.6 Å². The monoisotopic (exact) mass is 617 g/mol. The molecular formula is C35H47N5O5. The number of para-hydroxylation sites is 1. The van der Waals surface area contributed by atoms with Crippen LogP contribution in [0.1, 0.15) is 56.0 Å². The summed E-state index contributed by atoms with van der Waals surface area (Å²) in [5.74, 6) is 0.136. The number of benzene rings is 2. The molecule has 1 aliphatic heterocycles. The highest BCUT2D eigenvalue weighted by Crippen LogP contribution is 2.28. The third kappa shape index (κ3) is 10.3. The molecule has 3 N–H and O–H groups in total. The summed E-state index contributed by atoms with van der Waals surface area (Å²) < 4.78 is 12.8. The summed E-state index contributed by atoms with van der Waals surface area (Å²) in [6.45, 7) is 8.13. The molecule has 10 heteroatoms. The van der Waals surface area contributed by atoms with Crippen LogP contribution in [0.5, 0.6) is 5.75 Å². The van der Waals surface area contributed by atoms with Gasteiger partial charge in [0.1, 0.15) is 5.75 Å². The topological polar surface area (TPSA) is 116 Å². The fraction of sp³-hybridized carbons (Fsp3) is 0.457. The van der Waals surface area contributed by atoms with Crippen LogP contribution in [0.2, 0.25) is 0 Å². The van der Waals surface area contributed by atoms with Gasteiger partial charge >= 0.3 is 6.03 Å². The maximum atomic E-state index is 14.3. The number of amides is 3. The molecule has 0 saturated carbocycles. The van der Waals surface area contributed by atoms with Gasteiger partial charge in [-0.1, -0.05) is 25.1 Å². The number of aliphatic hydroxyl groups is 1. The third-order valence-corrected chi connectivity index (χ3v) is 8.03. The van der Waals surface area contributed by atoms with Crippen LogP contribution in [0, 0.1) is 5.92 Å². The number of carbonyl (C=O) groups excluding carboxylic acids is 2. The summed E-state index contributed by atoms with van der Waals surface area (Å²) in [4.78, 5) is 35.1. The zero-order chi connectivity index (χ0) is 32.2. The predicted octanol–water partition coefficient (Wildman–Crippen LogP) is 5.65. The highest BCUT2D eigenvalue weighted by molar-refractivity contribution is 6.02. The fourth-order valence-corrected chi connectivity index (χ4v) is 5.45. The fourth-order valence-electron chi connectivity index (χ4n) is 5.45. The molecule has 0 radical (unpaired) electrons. The van der Waals surface area contributed by atoms with E-state index in [4.69, 9.17) is 9.47 Å². The van der Waals surface area contributed by atoms with E-state index in [-0.39, 0.29) is 30.6 Å². The number of ether oxygens (including phenoxy) is 2. The van der Waals surface area contributed by atoms with Crippen molar-refractivity contribution in [3.8, 4) is 5.75 Å². The van der Waals surface area contributed by atoms with Crippen LogP contribution >= 0.6 is 0 Å². The molecule has 10 nitrogen and oxygen atoms in total. The Labute approximate surface area is 266 Å². The molecule has 0 saturated heterocycles. The van der Waals surface area contributed by atoms with E-state index in [0.29, 0.717) is 42.4 Å². The second-order valence-corrected chi connectivity index (χ2v) is 12.0. The van der Waals surface area contributed by atoms with Crippen molar-refractivity contribution in [2.75, 3.05) is 44.0 Å². The molecule has 2 heterocycles. The Hall–Kier alpha value is -3.99. The lowest BCUT2D eigenvalue weighted by Gasteiger charge is -2.36. The van der Waals surface area contributed by atoms with Gasteiger partial charge in [0.15, 0.2) is 0 Å². The van der Waals surface area contributed by atoms with Crippen LogP contribution in [0.15, 0.2) is 73.1 Å². The summed E-state index contributed by atoms with van der Waals surface area (Å²) in [6, 6.07) is 17.4. The van der Waals surface area contributed by atoms with Gasteiger partial charge in [-0.25, -0.2) is 4.79 Å². The number of fused-ring (bicyclic) bond motifs is 1. The molecule has 242 valence electrons. The average Bonchev–Trinajstić information content (AvgIpc) is 3.03. The maximum Gasteiger partial charge on any atom is 0.323 e. The SMILES string of the molecule is C[C@@H]1CN([C@@H](C)CO)C(=O)c2cc(NC(=O)Nc3ccccc3)ccc2O[C@@H](C)CCCCO[C@H]1CN(C)Cc1ccncc1. The average molecular weight is 618 g/mol. The molecule has 0 unspecified atom stereocenters. The van der Waals surface area contributed by atoms with Crippen LogP contribution in [0.25, 0.3) is 0 Å². The number of rotatable bonds is 8. The van der Waals surface area contributed by atoms with Crippen LogP contribution in [-0.2, 0) is 11.3 Å². The van der Waals surface area contributed by atoms with Crippen LogP contribution < -0.4 is 15.4 Å². The van der Waals surface area contributed by atoms with Crippen molar-refractivity contribution in [1.82, 2.24) is 14.8 Å². The van der Waals surface area contributed by atoms with E-state index in [2.05, 4.69) is 34.5 Å². The number of hydrogen-bond donors (Lipinski definition) is 3. The number of pyridine rings is 1. The molecule has 4 rings (SSSR count). The Bertz CT molecular complexity index is 1360. The lowest BCUT2D eigenvalue weighted by Crippen LogP contribution is -2.47. The van der Waals surface area contributed by atoms with Crippen LogP contribution in [0.3, 0.4) is 0 Å². The Kier molecular flexibility index (Phi) is 12.7. The van der Waals surface area contributed by atoms with Gasteiger partial charge in [0.25, 0.3) is 5.91 Å². The molecule has 45 heavy (non-hydrogen) atoms. The van der Waals surface area contributed by atoms with E-state index in [0.717, 1.165) is 25.8 Å². The van der Waals surface area contributed by atoms with E-state index < -0.39 is 12.1 Å². The van der Waals surface area contributed by atoms with Crippen molar-refractivity contribution < 1.29 is 24.2 Å². The molecule has 3 amide bonds. The minimum Gasteiger partial charge on any atom is -0.490 e. The minimum atomic E-state index is -0.452. The number of nitrogens with zero attached hydrogens (tertiary/aromatic N) is 3. The van der Waals surface area contributed by atoms with Crippen molar-refractivity contribution in [3.63, 3.8) is 0 Å². The Morgan fingerprint density at radius 3 is 2.53 bits per heavy atom. The largest absolute Gasteiger partial charge is 0.490 e. The van der Waals surface area contributed by atoms with Crippen molar-refractivity contribution >= 4 is 23.3 Å². The minimum absolute atomic E-state index is 0.0352. The standard InChI is InChI=1S/C35H47N5O5/c1-25-21-40(26(2)24-41)34(42)31-20-30(38-35(43)37-29-11-6-5-7-12-29)13-14-32(31)45-27(3)10-8-9-19-44-33(25)23-39(4)22-28-15-17-36-18-16-28/h5-7,11-18,20,25-27,33,41H,8-10,19,21-24H2,1-4H3,(H2,37,38,43)/t25-,26+,27+,33+/m1/s1. The first-order valence-electron chi connectivity index (χ1n) is 15.8. The van der Waals surface area contributed by atoms with Gasteiger partial charge in [-0.15, -0.1) is 0 Å². The molecule has 4 atom stereocenters. The van der Waals surface area contributed by atoms with Gasteiger partial charge < -0.3 is 30.1 Å². The van der Waals surface area contributed by atoms with Crippen LogP contribution in [-0.4, -0.2) is 83.4 Å². The predicted molar refractivity (Wildman–Crippen MR) is 177 cm³/mol. The molecule has 0 fully saturated rings. The summed E-state index contributed by atoms with van der Waals surface area (Å²) in [5.41, 5.74) is 2.61. The van der Waals surface area contributed by atoms with E-state index in [9.17, 15) is 14.7 Å². The second kappa shape index (κ2) is 16.9. The van der Waals surface area contributed by atoms with Crippen LogP contribution in [0.4, 0.5) is 16.2 Å². The summed E-state index contributed by atoms with van der Waals surface area (Å²) >= 11 is 0. The molecule has 1 aromatic heterocycles. The number of carbonyl (C=O) groups is 2. The number of urea groups is 1. The maximum absolute atomic E-state index is 14.3. The van der Waals surface area contributed by atoms with Crippen molar-refractivity contribution in [1.29, 1.82) is 0 Å². The number of aliphatic hydroxyl groups excluding tert-OH is 1. The zero-order valence-electron chi connectivity index (χ0n) is 26.8. The summed E-state index contributed by atoms with van der Waals surface area (Å²) in [5, 5.41) is 15.8. The first kappa shape index (κ1) is 33.9. The lowest BCUT2D eigenvalue weighted by molar-refractivity contribution is -0.0177. The number of likely N-dealkylation sites (N-methyl/N-ethyl adjacent to an activating group) is 1. The van der Waals surface area contributed by atoms with E-state index >= 15 is 0 Å². The quantitative estimate of drug-likeness (QED) is 0.299. The first-order chi connectivity index (χ1) is 21.7. The Balaban J connectivity index is 1.59. The molecule has 3 aromatic rings. The highest BCUT2D eigenvalue weighted by Gasteiger charge is 2.30. The molecule has 0 aliphatic carbocycles. The second-order valence-electron chi connectivity index (χ2n) is 12.0. The smallest absolute Gasteiger partial charge is 0.323 e. The van der Waals surface area contributed by atoms with Crippen molar-refractivity contribution in [2.45, 2.75) is 64.8 Å². The molecule has 0 spiro atoms. The molecular weight excluding hydrogens is 570 g/mol. The van der Waals surface area contributed by atoms with Crippen molar-refractivity contribution in [3.05, 3.63) is 84.2 Å². The summed E-state index contributed by atoms with van der Waals surface area (Å²) in [6.07, 6.45) is 5.94. The Morgan fingerprint density at radius 2 is 1.80 bits per heavy atom. The van der Waals surface area contributed by atoms with Gasteiger partial charge in [0, 0.05) is 55.9 Å². The van der Waals surface area contributed by atoms with Gasteiger partial charge in [0.05, 0.1) is 30.4 Å². The van der Waals surface area contributed by atoms with Gasteiger partial charge in [0.2, 0.25) is 0 Å². The normalized spacial score (nSPS) is 20.4. The Morgan fingerprint density at radius 1 is 1.07 bits per heavy atom. The number of hydrogen-bond acceptors (Lipinski definition) is 7. The third-order valence-electron chi connectivity index (χ3n) is 8.03. The van der Waals surface area contributed by atoms with E-state index in [1.165, 1.54) is 5.56 Å². The number of nitrogens with one attached hydrogen (secondary N) is 2. The highest BCUT2D eigenvalue weighted by atomic mass is 16.5. The van der Waals surface area contributed by atoms with E-state index in [1.807, 2.05) is 44.2 Å². The zero-order valence-corrected chi connectivity index (χ0v) is 26.8. The molecule has 2 aromatic carbocycles. The van der Waals surface area contributed by atoms with Gasteiger partial charge in [-0.3, -0.25) is 14.7 Å². The lowest BCUT2D eigenvalue weighted by atomic mass is 10.0. The first-order valence-corrected chi connectivity index (χ1v) is 15.8. The molecule has 1 aliphatic rings. The van der Waals surface area contributed by atoms with Gasteiger partial charge in [-0.2, -0.15) is 0 Å². The number of aromatic nitrogens is 1. The summed E-state index contributed by atoms with van der Waals surface area (Å²) in [7, 11) is 2.07. The van der Waals surface area contributed by atoms with Gasteiger partial charge in [-0.05, 0) is 88.2 Å².